The molecule has 0 aromatic carbocycles. The van der Waals surface area contributed by atoms with E-state index in [1.54, 1.807) is 22.7 Å². The van der Waals surface area contributed by atoms with Crippen molar-refractivity contribution in [2.45, 2.75) is 52.6 Å². The van der Waals surface area contributed by atoms with Gasteiger partial charge in [-0.15, -0.1) is 22.7 Å². The van der Waals surface area contributed by atoms with E-state index < -0.39 is 5.97 Å². The third-order valence-electron chi connectivity index (χ3n) is 5.27. The maximum atomic E-state index is 12.9. The van der Waals surface area contributed by atoms with Crippen LogP contribution in [0.1, 0.15) is 45.2 Å². The first-order valence-corrected chi connectivity index (χ1v) is 10.7. The number of thiophene rings is 1. The highest BCUT2D eigenvalue weighted by Crippen LogP contribution is 2.42. The van der Waals surface area contributed by atoms with Gasteiger partial charge >= 0.3 is 5.97 Å². The number of thiazole rings is 1. The summed E-state index contributed by atoms with van der Waals surface area (Å²) in [6.07, 6.45) is 2.88. The molecule has 3 heterocycles. The molecule has 0 fully saturated rings. The minimum atomic E-state index is -0.957. The maximum Gasteiger partial charge on any atom is 0.331 e. The number of aryl methyl sites for hydroxylation is 2. The van der Waals surface area contributed by atoms with Crippen molar-refractivity contribution in [1.29, 1.82) is 0 Å². The number of carbonyl (C=O) groups excluding carboxylic acids is 1. The van der Waals surface area contributed by atoms with Crippen molar-refractivity contribution in [2.75, 3.05) is 6.61 Å². The summed E-state index contributed by atoms with van der Waals surface area (Å²) in [7, 11) is 0. The van der Waals surface area contributed by atoms with Gasteiger partial charge in [-0.2, -0.15) is 0 Å². The van der Waals surface area contributed by atoms with Crippen LogP contribution in [0.4, 0.5) is 0 Å². The molecule has 4 rings (SSSR count). The second-order valence-electron chi connectivity index (χ2n) is 6.98. The smallest absolute Gasteiger partial charge is 0.331 e. The highest BCUT2D eigenvalue weighted by Gasteiger charge is 2.29. The first-order chi connectivity index (χ1) is 13.0. The number of hydrogen-bond donors (Lipinski definition) is 1. The summed E-state index contributed by atoms with van der Waals surface area (Å²) in [5.41, 5.74) is 4.16. The van der Waals surface area contributed by atoms with Crippen LogP contribution in [0.5, 0.6) is 0 Å². The number of ketones is 1. The highest BCUT2D eigenvalue weighted by molar-refractivity contribution is 7.16. The van der Waals surface area contributed by atoms with Crippen LogP contribution in [0.25, 0.3) is 10.6 Å². The number of aliphatic carboxylic acids is 1. The van der Waals surface area contributed by atoms with Gasteiger partial charge in [0.25, 0.3) is 0 Å². The van der Waals surface area contributed by atoms with E-state index in [0.717, 1.165) is 34.0 Å². The van der Waals surface area contributed by atoms with Crippen LogP contribution in [0.2, 0.25) is 0 Å². The van der Waals surface area contributed by atoms with Crippen LogP contribution in [0.3, 0.4) is 0 Å². The highest BCUT2D eigenvalue weighted by atomic mass is 32.1. The van der Waals surface area contributed by atoms with Crippen LogP contribution in [-0.4, -0.2) is 28.4 Å². The molecular weight excluding hydrogens is 382 g/mol. The molecule has 1 aliphatic heterocycles. The molecule has 0 atom stereocenters. The molecule has 2 aliphatic rings. The van der Waals surface area contributed by atoms with Gasteiger partial charge in [0, 0.05) is 37.8 Å². The number of carbonyl (C=O) groups is 2. The SMILES string of the molecule is Cc1nc(-c2c(CC(=O)C3=C(C(=O)O)CCC3)sc3c2CCOC3)sc1C. The molecule has 7 heteroatoms. The number of hydrogen-bond acceptors (Lipinski definition) is 6. The van der Waals surface area contributed by atoms with Gasteiger partial charge in [-0.25, -0.2) is 9.78 Å². The normalized spacial score (nSPS) is 16.7. The van der Waals surface area contributed by atoms with Crippen molar-refractivity contribution in [2.24, 2.45) is 0 Å². The van der Waals surface area contributed by atoms with Crippen molar-refractivity contribution in [3.05, 3.63) is 37.0 Å². The number of fused-ring (bicyclic) bond motifs is 1. The fraction of sp³-hybridized carbons (Fsp3) is 0.450. The molecule has 27 heavy (non-hydrogen) atoms. The standard InChI is InChI=1S/C20H21NO4S2/c1-10-11(2)26-19(21-10)18-14-6-7-25-9-17(14)27-16(18)8-15(22)12-4-3-5-13(12)20(23)24/h3-9H2,1-2H3,(H,23,24). The fourth-order valence-electron chi connectivity index (χ4n) is 3.78. The summed E-state index contributed by atoms with van der Waals surface area (Å²) in [6, 6.07) is 0. The Morgan fingerprint density at radius 1 is 1.15 bits per heavy atom. The van der Waals surface area contributed by atoms with Gasteiger partial charge in [-0.3, -0.25) is 4.79 Å². The summed E-state index contributed by atoms with van der Waals surface area (Å²) in [4.78, 5) is 32.4. The van der Waals surface area contributed by atoms with Crippen molar-refractivity contribution in [3.8, 4) is 10.6 Å². The topological polar surface area (TPSA) is 76.5 Å². The lowest BCUT2D eigenvalue weighted by atomic mass is 9.99. The molecule has 5 nitrogen and oxygen atoms in total. The van der Waals surface area contributed by atoms with Crippen molar-refractivity contribution >= 4 is 34.4 Å². The van der Waals surface area contributed by atoms with Gasteiger partial charge in [0.05, 0.1) is 18.9 Å². The number of aromatic nitrogens is 1. The van der Waals surface area contributed by atoms with Gasteiger partial charge in [-0.05, 0) is 45.1 Å². The third-order valence-corrected chi connectivity index (χ3v) is 7.57. The Kier molecular flexibility index (Phi) is 5.01. The quantitative estimate of drug-likeness (QED) is 0.808. The van der Waals surface area contributed by atoms with Gasteiger partial charge in [0.15, 0.2) is 5.78 Å². The Morgan fingerprint density at radius 3 is 2.63 bits per heavy atom. The van der Waals surface area contributed by atoms with Gasteiger partial charge in [0.2, 0.25) is 0 Å². The van der Waals surface area contributed by atoms with E-state index in [4.69, 9.17) is 9.72 Å². The number of Topliss-reactive ketones (excluding diaryl/α,β-unsaturated/α-hetero) is 1. The minimum absolute atomic E-state index is 0.0596. The summed E-state index contributed by atoms with van der Waals surface area (Å²) < 4.78 is 5.60. The number of nitrogens with zero attached hydrogens (tertiary/aromatic N) is 1. The van der Waals surface area contributed by atoms with Gasteiger partial charge in [0.1, 0.15) is 5.01 Å². The zero-order valence-electron chi connectivity index (χ0n) is 15.4. The van der Waals surface area contributed by atoms with E-state index >= 15 is 0 Å². The Hall–Kier alpha value is -1.83. The molecule has 0 radical (unpaired) electrons. The van der Waals surface area contributed by atoms with Gasteiger partial charge in [-0.1, -0.05) is 0 Å². The van der Waals surface area contributed by atoms with E-state index in [9.17, 15) is 14.7 Å². The summed E-state index contributed by atoms with van der Waals surface area (Å²) >= 11 is 3.28. The molecule has 0 saturated carbocycles. The molecule has 142 valence electrons. The average Bonchev–Trinajstić information content (AvgIpc) is 3.32. The Morgan fingerprint density at radius 2 is 1.93 bits per heavy atom. The molecule has 2 aromatic rings. The average molecular weight is 404 g/mol. The predicted octanol–water partition coefficient (Wildman–Crippen LogP) is 4.24. The molecular formula is C20H21NO4S2. The first-order valence-electron chi connectivity index (χ1n) is 9.09. The number of rotatable bonds is 5. The van der Waals surface area contributed by atoms with Gasteiger partial charge < -0.3 is 9.84 Å². The lowest BCUT2D eigenvalue weighted by molar-refractivity contribution is -0.133. The predicted molar refractivity (Wildman–Crippen MR) is 105 cm³/mol. The molecule has 0 unspecified atom stereocenters. The van der Waals surface area contributed by atoms with Crippen LogP contribution in [-0.2, 0) is 33.8 Å². The number of carboxylic acids is 1. The van der Waals surface area contributed by atoms with Crippen molar-refractivity contribution in [3.63, 3.8) is 0 Å². The molecule has 0 bridgehead atoms. The minimum Gasteiger partial charge on any atom is -0.478 e. The van der Waals surface area contributed by atoms with Crippen LogP contribution >= 0.6 is 22.7 Å². The molecule has 1 aliphatic carbocycles. The summed E-state index contributed by atoms with van der Waals surface area (Å²) in [5.74, 6) is -1.02. The van der Waals surface area contributed by atoms with E-state index in [1.807, 2.05) is 6.92 Å². The van der Waals surface area contributed by atoms with Crippen LogP contribution in [0.15, 0.2) is 11.1 Å². The lowest BCUT2D eigenvalue weighted by Gasteiger charge is -2.13. The maximum absolute atomic E-state index is 12.9. The summed E-state index contributed by atoms with van der Waals surface area (Å²) in [5, 5.41) is 10.3. The zero-order chi connectivity index (χ0) is 19.1. The number of ether oxygens (including phenoxy) is 1. The summed E-state index contributed by atoms with van der Waals surface area (Å²) in [6.45, 7) is 5.33. The second kappa shape index (κ2) is 7.30. The number of allylic oxidation sites excluding steroid dienone is 1. The first kappa shape index (κ1) is 18.5. The van der Waals surface area contributed by atoms with Crippen molar-refractivity contribution < 1.29 is 19.4 Å². The number of carboxylic acid groups (broad SMARTS) is 1. The Balaban J connectivity index is 1.75. The Bertz CT molecular complexity index is 948. The molecule has 0 spiro atoms. The third kappa shape index (κ3) is 3.39. The zero-order valence-corrected chi connectivity index (χ0v) is 17.0. The molecule has 0 saturated heterocycles. The van der Waals surface area contributed by atoms with Crippen molar-refractivity contribution in [1.82, 2.24) is 4.98 Å². The molecule has 2 aromatic heterocycles. The molecule has 1 N–H and O–H groups in total. The molecule has 0 amide bonds. The van der Waals surface area contributed by atoms with E-state index in [-0.39, 0.29) is 12.2 Å². The van der Waals surface area contributed by atoms with E-state index in [1.165, 1.54) is 15.3 Å². The lowest BCUT2D eigenvalue weighted by Crippen LogP contribution is -2.10. The van der Waals surface area contributed by atoms with E-state index in [2.05, 4.69) is 6.92 Å². The largest absolute Gasteiger partial charge is 0.478 e. The monoisotopic (exact) mass is 403 g/mol. The fourth-order valence-corrected chi connectivity index (χ4v) is 6.15. The van der Waals surface area contributed by atoms with E-state index in [0.29, 0.717) is 37.2 Å². The Labute approximate surface area is 165 Å². The second-order valence-corrected chi connectivity index (χ2v) is 9.37. The van der Waals surface area contributed by atoms with Crippen LogP contribution < -0.4 is 0 Å². The van der Waals surface area contributed by atoms with Crippen LogP contribution in [0, 0.1) is 13.8 Å².